The lowest BCUT2D eigenvalue weighted by Gasteiger charge is -2.07. The number of esters is 1. The Morgan fingerprint density at radius 3 is 1.59 bits per heavy atom. The molecule has 258 valence electrons. The van der Waals surface area contributed by atoms with Crippen LogP contribution < -0.4 is 0 Å². The number of pyridine rings is 2. The molecule has 0 aliphatic heterocycles. The number of carbonyl (C=O) groups excluding carboxylic acids is 1. The van der Waals surface area contributed by atoms with Crippen molar-refractivity contribution in [3.8, 4) is 0 Å². The average molecular weight is 720 g/mol. The number of carboxylic acids is 1. The molecule has 0 fully saturated rings. The van der Waals surface area contributed by atoms with Gasteiger partial charge in [-0.3, -0.25) is 9.97 Å². The molecular formula is C41H36Cl2N4O4. The second-order valence-electron chi connectivity index (χ2n) is 11.5. The van der Waals surface area contributed by atoms with Crippen molar-refractivity contribution in [3.63, 3.8) is 0 Å². The van der Waals surface area contributed by atoms with Crippen LogP contribution in [0.1, 0.15) is 46.7 Å². The van der Waals surface area contributed by atoms with Gasteiger partial charge >= 0.3 is 11.9 Å². The van der Waals surface area contributed by atoms with E-state index in [0.29, 0.717) is 34.3 Å². The van der Waals surface area contributed by atoms with Crippen molar-refractivity contribution >= 4 is 78.8 Å². The topological polar surface area (TPSA) is 99.2 Å². The second kappa shape index (κ2) is 15.5. The quantitative estimate of drug-likeness (QED) is 0.172. The Hall–Kier alpha value is -5.70. The van der Waals surface area contributed by atoms with Crippen LogP contribution in [-0.2, 0) is 17.8 Å². The largest absolute Gasteiger partial charge is 0.478 e. The molecule has 51 heavy (non-hydrogen) atoms. The number of aromatic carboxylic acids is 1. The number of hydrogen-bond acceptors (Lipinski definition) is 5. The highest BCUT2D eigenvalue weighted by molar-refractivity contribution is 6.31. The number of carbonyl (C=O) groups is 2. The van der Waals surface area contributed by atoms with Crippen molar-refractivity contribution in [3.05, 3.63) is 154 Å². The summed E-state index contributed by atoms with van der Waals surface area (Å²) in [5.41, 5.74) is 6.73. The third kappa shape index (κ3) is 7.57. The summed E-state index contributed by atoms with van der Waals surface area (Å²) in [4.78, 5) is 32.1. The molecule has 10 heteroatoms. The molecule has 8 rings (SSSR count). The Balaban J connectivity index is 0.000000190. The molecule has 0 amide bonds. The molecule has 1 N–H and O–H groups in total. The number of hydrogen-bond donors (Lipinski definition) is 1. The average Bonchev–Trinajstić information content (AvgIpc) is 3.66. The molecule has 0 aliphatic carbocycles. The van der Waals surface area contributed by atoms with Crippen LogP contribution in [0.15, 0.2) is 122 Å². The van der Waals surface area contributed by atoms with E-state index in [9.17, 15) is 14.7 Å². The highest BCUT2D eigenvalue weighted by Crippen LogP contribution is 2.26. The maximum absolute atomic E-state index is 12.0. The fourth-order valence-electron chi connectivity index (χ4n) is 6.10. The van der Waals surface area contributed by atoms with E-state index < -0.39 is 5.97 Å². The van der Waals surface area contributed by atoms with E-state index >= 15 is 0 Å². The van der Waals surface area contributed by atoms with Gasteiger partial charge in [0.15, 0.2) is 0 Å². The molecule has 0 saturated carbocycles. The van der Waals surface area contributed by atoms with E-state index in [4.69, 9.17) is 27.9 Å². The molecule has 0 saturated heterocycles. The predicted molar refractivity (Wildman–Crippen MR) is 207 cm³/mol. The third-order valence-corrected chi connectivity index (χ3v) is 8.76. The number of rotatable bonds is 6. The number of aromatic nitrogens is 4. The standard InChI is InChI=1S/C20H15ClN2O2.C19H13ClN2O2.2CH4/c1-25-20(24)17-12-23(19-5-3-2-4-16(17)19)11-13-6-7-18-14(8-13)9-15(21)10-22-18;20-14-8-13-7-12(5-6-17(13)21-9-14)10-22-11-16(19(23)24)15-3-1-2-4-18(15)22;;/h2-10,12H,11H2,1H3;1-9,11H,10H2,(H,23,24);2*1H4. The number of fused-ring (bicyclic) bond motifs is 4. The molecule has 0 unspecified atom stereocenters. The first-order valence-electron chi connectivity index (χ1n) is 15.3. The van der Waals surface area contributed by atoms with Crippen LogP contribution in [-0.4, -0.2) is 43.3 Å². The van der Waals surface area contributed by atoms with Gasteiger partial charge in [-0.2, -0.15) is 0 Å². The zero-order valence-corrected chi connectivity index (χ0v) is 27.7. The van der Waals surface area contributed by atoms with Crippen LogP contribution in [0, 0.1) is 0 Å². The summed E-state index contributed by atoms with van der Waals surface area (Å²) in [5.74, 6) is -1.25. The first kappa shape index (κ1) is 36.6. The van der Waals surface area contributed by atoms with E-state index in [1.807, 2.05) is 102 Å². The van der Waals surface area contributed by atoms with Crippen molar-refractivity contribution in [1.82, 2.24) is 19.1 Å². The molecule has 0 bridgehead atoms. The van der Waals surface area contributed by atoms with Crippen LogP contribution in [0.2, 0.25) is 10.0 Å². The Labute approximate surface area is 305 Å². The Morgan fingerprint density at radius 2 is 1.12 bits per heavy atom. The number of benzene rings is 4. The second-order valence-corrected chi connectivity index (χ2v) is 12.4. The maximum atomic E-state index is 12.0. The third-order valence-electron chi connectivity index (χ3n) is 8.34. The Kier molecular flexibility index (Phi) is 11.1. The Morgan fingerprint density at radius 1 is 0.667 bits per heavy atom. The van der Waals surface area contributed by atoms with Gasteiger partial charge in [-0.25, -0.2) is 9.59 Å². The summed E-state index contributed by atoms with van der Waals surface area (Å²) >= 11 is 12.1. The fraction of sp³-hybridized carbons (Fsp3) is 0.122. The van der Waals surface area contributed by atoms with Crippen LogP contribution in [0.5, 0.6) is 0 Å². The zero-order valence-electron chi connectivity index (χ0n) is 26.2. The number of ether oxygens (including phenoxy) is 1. The van der Waals surface area contributed by atoms with Crippen molar-refractivity contribution < 1.29 is 19.4 Å². The van der Waals surface area contributed by atoms with Crippen LogP contribution in [0.4, 0.5) is 0 Å². The number of nitrogens with zero attached hydrogens (tertiary/aromatic N) is 4. The minimum absolute atomic E-state index is 0. The highest BCUT2D eigenvalue weighted by atomic mass is 35.5. The van der Waals surface area contributed by atoms with Gasteiger partial charge in [-0.15, -0.1) is 0 Å². The van der Waals surface area contributed by atoms with Crippen molar-refractivity contribution in [2.24, 2.45) is 0 Å². The normalized spacial score (nSPS) is 10.7. The van der Waals surface area contributed by atoms with E-state index in [0.717, 1.165) is 54.7 Å². The summed E-state index contributed by atoms with van der Waals surface area (Å²) < 4.78 is 8.92. The van der Waals surface area contributed by atoms with Gasteiger partial charge in [0.05, 0.1) is 39.3 Å². The summed E-state index contributed by atoms with van der Waals surface area (Å²) in [7, 11) is 1.40. The van der Waals surface area contributed by atoms with Crippen LogP contribution >= 0.6 is 23.2 Å². The number of para-hydroxylation sites is 2. The Bertz CT molecular complexity index is 2540. The lowest BCUT2D eigenvalue weighted by Crippen LogP contribution is -2.01. The van der Waals surface area contributed by atoms with Gasteiger partial charge in [0, 0.05) is 70.5 Å². The van der Waals surface area contributed by atoms with Gasteiger partial charge in [0.1, 0.15) is 0 Å². The SMILES string of the molecule is C.C.COC(=O)c1cn(Cc2ccc3ncc(Cl)cc3c2)c2ccccc12.O=C(O)c1cn(Cc2ccc3ncc(Cl)cc3c2)c2ccccc12. The molecule has 4 aromatic heterocycles. The van der Waals surface area contributed by atoms with E-state index in [1.54, 1.807) is 18.6 Å². The number of halogens is 2. The summed E-state index contributed by atoms with van der Waals surface area (Å²) in [6.07, 6.45) is 6.80. The smallest absolute Gasteiger partial charge is 0.340 e. The van der Waals surface area contributed by atoms with Gasteiger partial charge in [-0.1, -0.05) is 86.6 Å². The van der Waals surface area contributed by atoms with Crippen molar-refractivity contribution in [2.45, 2.75) is 27.9 Å². The van der Waals surface area contributed by atoms with Crippen LogP contribution in [0.25, 0.3) is 43.6 Å². The monoisotopic (exact) mass is 718 g/mol. The summed E-state index contributed by atoms with van der Waals surface area (Å²) in [6, 6.07) is 31.2. The zero-order chi connectivity index (χ0) is 34.1. The van der Waals surface area contributed by atoms with Crippen molar-refractivity contribution in [2.75, 3.05) is 7.11 Å². The minimum Gasteiger partial charge on any atom is -0.478 e. The molecule has 4 heterocycles. The lowest BCUT2D eigenvalue weighted by molar-refractivity contribution is 0.0601. The molecule has 4 aromatic carbocycles. The lowest BCUT2D eigenvalue weighted by atomic mass is 10.1. The molecule has 8 nitrogen and oxygen atoms in total. The van der Waals surface area contributed by atoms with Gasteiger partial charge < -0.3 is 19.0 Å². The molecule has 0 aliphatic rings. The maximum Gasteiger partial charge on any atom is 0.340 e. The fourth-order valence-corrected chi connectivity index (χ4v) is 6.43. The van der Waals surface area contributed by atoms with E-state index in [1.165, 1.54) is 7.11 Å². The molecule has 0 atom stereocenters. The van der Waals surface area contributed by atoms with E-state index in [-0.39, 0.29) is 20.8 Å². The molecule has 0 spiro atoms. The summed E-state index contributed by atoms with van der Waals surface area (Å²) in [5, 5.41) is 14.2. The number of methoxy groups -OCH3 is 1. The molecule has 0 radical (unpaired) electrons. The minimum atomic E-state index is -0.917. The first-order valence-corrected chi connectivity index (χ1v) is 16.1. The summed E-state index contributed by atoms with van der Waals surface area (Å²) in [6.45, 7) is 1.22. The first-order chi connectivity index (χ1) is 23.8. The highest BCUT2D eigenvalue weighted by Gasteiger charge is 2.16. The van der Waals surface area contributed by atoms with Gasteiger partial charge in [0.2, 0.25) is 0 Å². The van der Waals surface area contributed by atoms with Gasteiger partial charge in [-0.05, 0) is 59.7 Å². The van der Waals surface area contributed by atoms with Crippen molar-refractivity contribution in [1.29, 1.82) is 0 Å². The molecular weight excluding hydrogens is 683 g/mol. The van der Waals surface area contributed by atoms with E-state index in [2.05, 4.69) is 20.6 Å². The molecule has 8 aromatic rings. The predicted octanol–water partition coefficient (Wildman–Crippen LogP) is 10.5. The van der Waals surface area contributed by atoms with Gasteiger partial charge in [0.25, 0.3) is 0 Å². The number of carboxylic acid groups (broad SMARTS) is 1. The van der Waals surface area contributed by atoms with Crippen LogP contribution in [0.3, 0.4) is 0 Å².